The van der Waals surface area contributed by atoms with Gasteiger partial charge in [0.05, 0.1) is 11.4 Å². The van der Waals surface area contributed by atoms with Gasteiger partial charge < -0.3 is 5.11 Å². The molecule has 3 aromatic rings. The Morgan fingerprint density at radius 3 is 2.72 bits per heavy atom. The van der Waals surface area contributed by atoms with Crippen molar-refractivity contribution in [1.82, 2.24) is 14.8 Å². The number of carboxylic acids is 1. The van der Waals surface area contributed by atoms with Gasteiger partial charge in [-0.2, -0.15) is 5.10 Å². The number of carbonyl (C=O) groups is 1. The first kappa shape index (κ1) is 15.5. The third kappa shape index (κ3) is 2.70. The van der Waals surface area contributed by atoms with Crippen LogP contribution in [0, 0.1) is 6.92 Å². The lowest BCUT2D eigenvalue weighted by Crippen LogP contribution is -2.03. The molecule has 0 atom stereocenters. The number of carboxylic acid groups (broad SMARTS) is 1. The van der Waals surface area contributed by atoms with Crippen LogP contribution in [0.5, 0.6) is 0 Å². The summed E-state index contributed by atoms with van der Waals surface area (Å²) in [7, 11) is 0. The highest BCUT2D eigenvalue weighted by molar-refractivity contribution is 7.12. The van der Waals surface area contributed by atoms with E-state index < -0.39 is 5.97 Å². The van der Waals surface area contributed by atoms with Crippen LogP contribution in [-0.4, -0.2) is 25.8 Å². The molecule has 0 saturated heterocycles. The predicted molar refractivity (Wildman–Crippen MR) is 98.1 cm³/mol. The molecular weight excluding hydrogens is 334 g/mol. The number of thiazole rings is 1. The molecule has 0 bridgehead atoms. The maximum Gasteiger partial charge on any atom is 0.355 e. The van der Waals surface area contributed by atoms with Crippen molar-refractivity contribution in [2.24, 2.45) is 0 Å². The van der Waals surface area contributed by atoms with E-state index in [0.29, 0.717) is 5.13 Å². The first-order chi connectivity index (χ1) is 12.1. The zero-order valence-electron chi connectivity index (χ0n) is 13.5. The van der Waals surface area contributed by atoms with Crippen molar-refractivity contribution in [3.05, 3.63) is 70.9 Å². The molecule has 0 fully saturated rings. The van der Waals surface area contributed by atoms with Crippen LogP contribution in [0.3, 0.4) is 0 Å². The van der Waals surface area contributed by atoms with Crippen molar-refractivity contribution in [2.75, 3.05) is 0 Å². The number of hydrogen-bond donors (Lipinski definition) is 1. The molecule has 2 heterocycles. The molecule has 5 nitrogen and oxygen atoms in total. The fraction of sp³-hybridized carbons (Fsp3) is 0.105. The summed E-state index contributed by atoms with van der Waals surface area (Å²) in [5.41, 5.74) is 5.15. The molecule has 0 aliphatic heterocycles. The third-order valence-electron chi connectivity index (χ3n) is 4.14. The largest absolute Gasteiger partial charge is 0.476 e. The van der Waals surface area contributed by atoms with E-state index in [2.05, 4.69) is 17.1 Å². The van der Waals surface area contributed by atoms with E-state index in [0.717, 1.165) is 34.5 Å². The molecule has 1 aliphatic carbocycles. The van der Waals surface area contributed by atoms with Crippen molar-refractivity contribution in [1.29, 1.82) is 0 Å². The summed E-state index contributed by atoms with van der Waals surface area (Å²) in [6.07, 6.45) is 7.02. The van der Waals surface area contributed by atoms with Gasteiger partial charge in [0.1, 0.15) is 0 Å². The van der Waals surface area contributed by atoms with Crippen molar-refractivity contribution < 1.29 is 9.90 Å². The third-order valence-corrected chi connectivity index (χ3v) is 4.95. The summed E-state index contributed by atoms with van der Waals surface area (Å²) in [6, 6.07) is 9.98. The fourth-order valence-electron chi connectivity index (χ4n) is 2.96. The summed E-state index contributed by atoms with van der Waals surface area (Å²) >= 11 is 1.28. The highest BCUT2D eigenvalue weighted by Crippen LogP contribution is 2.34. The Morgan fingerprint density at radius 1 is 1.28 bits per heavy atom. The number of aromatic nitrogens is 3. The summed E-state index contributed by atoms with van der Waals surface area (Å²) < 4.78 is 1.77. The molecule has 0 amide bonds. The summed E-state index contributed by atoms with van der Waals surface area (Å²) in [5.74, 6) is -1.03. The van der Waals surface area contributed by atoms with E-state index in [9.17, 15) is 4.79 Å². The Kier molecular flexibility index (Phi) is 3.82. The summed E-state index contributed by atoms with van der Waals surface area (Å²) in [6.45, 7) is 2.05. The molecule has 25 heavy (non-hydrogen) atoms. The van der Waals surface area contributed by atoms with Gasteiger partial charge in [0.25, 0.3) is 0 Å². The van der Waals surface area contributed by atoms with E-state index in [1.165, 1.54) is 11.3 Å². The number of allylic oxidation sites excluding steroid dienone is 4. The van der Waals surface area contributed by atoms with Gasteiger partial charge in [0.2, 0.25) is 5.13 Å². The van der Waals surface area contributed by atoms with Gasteiger partial charge in [-0.3, -0.25) is 0 Å². The van der Waals surface area contributed by atoms with Crippen molar-refractivity contribution in [3.8, 4) is 16.4 Å². The Balaban J connectivity index is 1.91. The van der Waals surface area contributed by atoms with Crippen LogP contribution in [0.2, 0.25) is 0 Å². The van der Waals surface area contributed by atoms with E-state index in [1.54, 1.807) is 10.1 Å². The molecule has 6 heteroatoms. The highest BCUT2D eigenvalue weighted by Gasteiger charge is 2.22. The SMILES string of the molecule is Cc1c(-c2ccccc2)nn(-c2nc(C(=O)O)cs2)c1C1=CC=CC1. The standard InChI is InChI=1S/C19H15N3O2S/c1-12-16(13-7-3-2-4-8-13)21-22(17(12)14-9-5-6-10-14)19-20-15(11-25-19)18(23)24/h2-9,11H,10H2,1H3,(H,23,24). The minimum Gasteiger partial charge on any atom is -0.476 e. The minimum atomic E-state index is -1.03. The Morgan fingerprint density at radius 2 is 2.08 bits per heavy atom. The second-order valence-corrected chi connectivity index (χ2v) is 6.58. The van der Waals surface area contributed by atoms with Crippen molar-refractivity contribution in [2.45, 2.75) is 13.3 Å². The summed E-state index contributed by atoms with van der Waals surface area (Å²) in [5, 5.41) is 16.0. The Bertz CT molecular complexity index is 1010. The molecule has 0 spiro atoms. The first-order valence-electron chi connectivity index (χ1n) is 7.85. The molecule has 4 rings (SSSR count). The molecule has 0 radical (unpaired) electrons. The maximum absolute atomic E-state index is 11.2. The molecule has 124 valence electrons. The van der Waals surface area contributed by atoms with Gasteiger partial charge in [-0.15, -0.1) is 11.3 Å². The molecule has 2 aromatic heterocycles. The monoisotopic (exact) mass is 349 g/mol. The van der Waals surface area contributed by atoms with Crippen LogP contribution in [0.4, 0.5) is 0 Å². The second kappa shape index (κ2) is 6.14. The first-order valence-corrected chi connectivity index (χ1v) is 8.73. The predicted octanol–water partition coefficient (Wildman–Crippen LogP) is 4.35. The maximum atomic E-state index is 11.2. The van der Waals surface area contributed by atoms with E-state index in [-0.39, 0.29) is 5.69 Å². The molecule has 1 N–H and O–H groups in total. The van der Waals surface area contributed by atoms with Gasteiger partial charge >= 0.3 is 5.97 Å². The Labute approximate surface area is 148 Å². The number of rotatable bonds is 4. The van der Waals surface area contributed by atoms with Crippen LogP contribution in [0.25, 0.3) is 22.0 Å². The van der Waals surface area contributed by atoms with Gasteiger partial charge in [0.15, 0.2) is 5.69 Å². The topological polar surface area (TPSA) is 68.0 Å². The van der Waals surface area contributed by atoms with Crippen LogP contribution in [-0.2, 0) is 0 Å². The average molecular weight is 349 g/mol. The van der Waals surface area contributed by atoms with Crippen LogP contribution in [0.1, 0.15) is 28.2 Å². The zero-order valence-corrected chi connectivity index (χ0v) is 14.3. The fourth-order valence-corrected chi connectivity index (χ4v) is 3.72. The molecule has 0 saturated carbocycles. The molecule has 1 aromatic carbocycles. The Hall–Kier alpha value is -2.99. The van der Waals surface area contributed by atoms with Gasteiger partial charge in [-0.25, -0.2) is 14.5 Å². The lowest BCUT2D eigenvalue weighted by atomic mass is 10.0. The van der Waals surface area contributed by atoms with Crippen LogP contribution >= 0.6 is 11.3 Å². The van der Waals surface area contributed by atoms with E-state index >= 15 is 0 Å². The van der Waals surface area contributed by atoms with E-state index in [4.69, 9.17) is 10.2 Å². The molecular formula is C19H15N3O2S. The smallest absolute Gasteiger partial charge is 0.355 e. The summed E-state index contributed by atoms with van der Waals surface area (Å²) in [4.78, 5) is 15.4. The zero-order chi connectivity index (χ0) is 17.4. The van der Waals surface area contributed by atoms with Crippen molar-refractivity contribution in [3.63, 3.8) is 0 Å². The minimum absolute atomic E-state index is 0.0406. The lowest BCUT2D eigenvalue weighted by Gasteiger charge is -2.06. The molecule has 0 unspecified atom stereocenters. The van der Waals surface area contributed by atoms with Crippen molar-refractivity contribution >= 4 is 22.9 Å². The number of benzene rings is 1. The quantitative estimate of drug-likeness (QED) is 0.760. The van der Waals surface area contributed by atoms with Gasteiger partial charge in [-0.05, 0) is 18.9 Å². The molecule has 1 aliphatic rings. The van der Waals surface area contributed by atoms with Gasteiger partial charge in [-0.1, -0.05) is 48.6 Å². The number of nitrogens with zero attached hydrogens (tertiary/aromatic N) is 3. The highest BCUT2D eigenvalue weighted by atomic mass is 32.1. The van der Waals surface area contributed by atoms with E-state index in [1.807, 2.05) is 43.3 Å². The van der Waals surface area contributed by atoms with Gasteiger partial charge in [0, 0.05) is 16.5 Å². The van der Waals surface area contributed by atoms with Crippen LogP contribution in [0.15, 0.2) is 53.9 Å². The number of hydrogen-bond acceptors (Lipinski definition) is 4. The average Bonchev–Trinajstić information content (AvgIpc) is 3.34. The normalized spacial score (nSPS) is 13.2. The lowest BCUT2D eigenvalue weighted by molar-refractivity contribution is 0.0691. The van der Waals surface area contributed by atoms with Crippen LogP contribution < -0.4 is 0 Å². The second-order valence-electron chi connectivity index (χ2n) is 5.74. The number of aromatic carboxylic acids is 1.